The van der Waals surface area contributed by atoms with Crippen molar-refractivity contribution in [3.63, 3.8) is 0 Å². The van der Waals surface area contributed by atoms with Crippen molar-refractivity contribution in [2.24, 2.45) is 0 Å². The highest BCUT2D eigenvalue weighted by Gasteiger charge is 1.93. The first-order valence-corrected chi connectivity index (χ1v) is 5.25. The normalized spacial score (nSPS) is 15.5. The summed E-state index contributed by atoms with van der Waals surface area (Å²) in [5.41, 5.74) is 1.17. The molecule has 78 valence electrons. The molecule has 2 rings (SSSR count). The van der Waals surface area contributed by atoms with E-state index >= 15 is 0 Å². The van der Waals surface area contributed by atoms with Gasteiger partial charge in [-0.3, -0.25) is 0 Å². The van der Waals surface area contributed by atoms with Crippen molar-refractivity contribution in [3.05, 3.63) is 29.8 Å². The number of phenolic OH excluding ortho intramolecular Hbond substituents is 1. The lowest BCUT2D eigenvalue weighted by Crippen LogP contribution is -2.21. The lowest BCUT2D eigenvalue weighted by atomic mass is 10.2. The van der Waals surface area contributed by atoms with E-state index in [0.29, 0.717) is 5.75 Å². The van der Waals surface area contributed by atoms with Crippen LogP contribution in [0.4, 0.5) is 0 Å². The first-order chi connectivity index (χ1) is 6.79. The van der Waals surface area contributed by atoms with Crippen LogP contribution in [0.15, 0.2) is 24.3 Å². The number of piperidine rings is 1. The Labute approximate surface area is 86.0 Å². The molecule has 0 bridgehead atoms. The van der Waals surface area contributed by atoms with Gasteiger partial charge in [-0.2, -0.15) is 0 Å². The van der Waals surface area contributed by atoms with E-state index < -0.39 is 0 Å². The molecule has 1 heterocycles. The number of phenols is 1. The number of benzene rings is 1. The second-order valence-electron chi connectivity index (χ2n) is 3.65. The van der Waals surface area contributed by atoms with Crippen molar-refractivity contribution in [1.29, 1.82) is 0 Å². The van der Waals surface area contributed by atoms with E-state index in [2.05, 4.69) is 5.32 Å². The van der Waals surface area contributed by atoms with Crippen LogP contribution in [0.25, 0.3) is 0 Å². The summed E-state index contributed by atoms with van der Waals surface area (Å²) in [4.78, 5) is 0. The minimum atomic E-state index is 0.329. The van der Waals surface area contributed by atoms with Gasteiger partial charge in [-0.1, -0.05) is 24.1 Å². The summed E-state index contributed by atoms with van der Waals surface area (Å²) < 4.78 is 0. The van der Waals surface area contributed by atoms with E-state index in [9.17, 15) is 0 Å². The maximum Gasteiger partial charge on any atom is 0.115 e. The molecule has 0 spiro atoms. The number of hydrogen-bond donors (Lipinski definition) is 2. The molecule has 1 aliphatic heterocycles. The molecule has 1 fully saturated rings. The quantitative estimate of drug-likeness (QED) is 0.663. The number of rotatable bonds is 0. The zero-order chi connectivity index (χ0) is 10.2. The number of aryl methyl sites for hydroxylation is 1. The second-order valence-corrected chi connectivity index (χ2v) is 3.65. The highest BCUT2D eigenvalue weighted by atomic mass is 16.3. The van der Waals surface area contributed by atoms with Crippen LogP contribution in [-0.4, -0.2) is 18.2 Å². The Morgan fingerprint density at radius 1 is 1.00 bits per heavy atom. The lowest BCUT2D eigenvalue weighted by Gasteiger charge is -2.08. The average Bonchev–Trinajstić information content (AvgIpc) is 2.26. The molecule has 1 saturated heterocycles. The summed E-state index contributed by atoms with van der Waals surface area (Å²) >= 11 is 0. The molecule has 1 aliphatic rings. The maximum atomic E-state index is 8.76. The predicted molar refractivity (Wildman–Crippen MR) is 59.6 cm³/mol. The summed E-state index contributed by atoms with van der Waals surface area (Å²) in [5, 5.41) is 12.0. The zero-order valence-electron chi connectivity index (χ0n) is 8.79. The van der Waals surface area contributed by atoms with E-state index in [4.69, 9.17) is 5.11 Å². The molecule has 14 heavy (non-hydrogen) atoms. The summed E-state index contributed by atoms with van der Waals surface area (Å²) in [6.45, 7) is 4.49. The molecular formula is C12H19NO. The molecule has 0 saturated carbocycles. The fourth-order valence-corrected chi connectivity index (χ4v) is 1.35. The third kappa shape index (κ3) is 4.87. The van der Waals surface area contributed by atoms with Crippen molar-refractivity contribution < 1.29 is 5.11 Å². The third-order valence-corrected chi connectivity index (χ3v) is 2.24. The summed E-state index contributed by atoms with van der Waals surface area (Å²) in [6.07, 6.45) is 4.22. The monoisotopic (exact) mass is 193 g/mol. The van der Waals surface area contributed by atoms with Crippen LogP contribution in [0.5, 0.6) is 5.75 Å². The topological polar surface area (TPSA) is 32.3 Å². The largest absolute Gasteiger partial charge is 0.508 e. The van der Waals surface area contributed by atoms with Crippen molar-refractivity contribution in [3.8, 4) is 5.75 Å². The molecular weight excluding hydrogens is 174 g/mol. The van der Waals surface area contributed by atoms with E-state index in [1.807, 2.05) is 19.1 Å². The minimum Gasteiger partial charge on any atom is -0.508 e. The van der Waals surface area contributed by atoms with Gasteiger partial charge in [0, 0.05) is 0 Å². The molecule has 0 aliphatic carbocycles. The average molecular weight is 193 g/mol. The van der Waals surface area contributed by atoms with Crippen LogP contribution >= 0.6 is 0 Å². The van der Waals surface area contributed by atoms with Crippen LogP contribution in [0.3, 0.4) is 0 Å². The van der Waals surface area contributed by atoms with Gasteiger partial charge < -0.3 is 10.4 Å². The highest BCUT2D eigenvalue weighted by molar-refractivity contribution is 5.24. The first-order valence-electron chi connectivity index (χ1n) is 5.25. The number of aromatic hydroxyl groups is 1. The Morgan fingerprint density at radius 2 is 1.57 bits per heavy atom. The smallest absolute Gasteiger partial charge is 0.115 e. The summed E-state index contributed by atoms with van der Waals surface area (Å²) in [7, 11) is 0. The zero-order valence-corrected chi connectivity index (χ0v) is 8.79. The number of hydrogen-bond acceptors (Lipinski definition) is 2. The second kappa shape index (κ2) is 6.44. The maximum absolute atomic E-state index is 8.76. The summed E-state index contributed by atoms with van der Waals surface area (Å²) in [6, 6.07) is 7.09. The van der Waals surface area contributed by atoms with Gasteiger partial charge in [-0.05, 0) is 45.0 Å². The summed E-state index contributed by atoms with van der Waals surface area (Å²) in [5.74, 6) is 0.329. The Balaban J connectivity index is 0.000000146. The molecule has 0 aromatic heterocycles. The van der Waals surface area contributed by atoms with Gasteiger partial charge in [0.2, 0.25) is 0 Å². The molecule has 1 aromatic rings. The van der Waals surface area contributed by atoms with E-state index in [1.54, 1.807) is 12.1 Å². The Hall–Kier alpha value is -1.02. The van der Waals surface area contributed by atoms with Crippen LogP contribution < -0.4 is 5.32 Å². The van der Waals surface area contributed by atoms with E-state index in [0.717, 1.165) is 0 Å². The van der Waals surface area contributed by atoms with Gasteiger partial charge in [0.05, 0.1) is 0 Å². The third-order valence-electron chi connectivity index (χ3n) is 2.24. The van der Waals surface area contributed by atoms with Crippen LogP contribution in [-0.2, 0) is 0 Å². The molecule has 2 N–H and O–H groups in total. The van der Waals surface area contributed by atoms with Gasteiger partial charge >= 0.3 is 0 Å². The lowest BCUT2D eigenvalue weighted by molar-refractivity contribution is 0.475. The standard InChI is InChI=1S/C7H8O.C5H11N/c1-6-2-4-7(8)5-3-6;1-2-4-6-5-3-1/h2-5,8H,1H3;6H,1-5H2. The molecule has 0 radical (unpaired) electrons. The minimum absolute atomic E-state index is 0.329. The fourth-order valence-electron chi connectivity index (χ4n) is 1.35. The Bertz CT molecular complexity index is 206. The van der Waals surface area contributed by atoms with Gasteiger partial charge in [0.1, 0.15) is 5.75 Å². The first kappa shape index (κ1) is 11.1. The predicted octanol–water partition coefficient (Wildman–Crippen LogP) is 2.46. The number of nitrogens with one attached hydrogen (secondary N) is 1. The van der Waals surface area contributed by atoms with Crippen molar-refractivity contribution in [1.82, 2.24) is 5.32 Å². The SMILES string of the molecule is C1CCNCC1.Cc1ccc(O)cc1. The Morgan fingerprint density at radius 3 is 1.86 bits per heavy atom. The molecule has 0 unspecified atom stereocenters. The molecule has 2 heteroatoms. The molecule has 1 aromatic carbocycles. The van der Waals surface area contributed by atoms with Crippen LogP contribution in [0.2, 0.25) is 0 Å². The highest BCUT2D eigenvalue weighted by Crippen LogP contribution is 2.07. The van der Waals surface area contributed by atoms with Crippen LogP contribution in [0, 0.1) is 6.92 Å². The van der Waals surface area contributed by atoms with Crippen molar-refractivity contribution >= 4 is 0 Å². The van der Waals surface area contributed by atoms with Gasteiger partial charge in [-0.15, -0.1) is 0 Å². The fraction of sp³-hybridized carbons (Fsp3) is 0.500. The van der Waals surface area contributed by atoms with Gasteiger partial charge in [0.25, 0.3) is 0 Å². The molecule has 0 amide bonds. The van der Waals surface area contributed by atoms with Crippen molar-refractivity contribution in [2.75, 3.05) is 13.1 Å². The Kier molecular flexibility index (Phi) is 5.08. The molecule has 2 nitrogen and oxygen atoms in total. The van der Waals surface area contributed by atoms with Crippen LogP contribution in [0.1, 0.15) is 24.8 Å². The van der Waals surface area contributed by atoms with E-state index in [1.165, 1.54) is 37.9 Å². The van der Waals surface area contributed by atoms with E-state index in [-0.39, 0.29) is 0 Å². The molecule has 0 atom stereocenters. The van der Waals surface area contributed by atoms with Gasteiger partial charge in [-0.25, -0.2) is 0 Å². The van der Waals surface area contributed by atoms with Gasteiger partial charge in [0.15, 0.2) is 0 Å². The van der Waals surface area contributed by atoms with Crippen molar-refractivity contribution in [2.45, 2.75) is 26.2 Å².